The minimum absolute atomic E-state index is 0.0820. The molecule has 0 fully saturated rings. The van der Waals surface area contributed by atoms with Crippen LogP contribution in [0.3, 0.4) is 0 Å². The maximum absolute atomic E-state index is 12.3. The van der Waals surface area contributed by atoms with Crippen LogP contribution < -0.4 is 5.32 Å². The van der Waals surface area contributed by atoms with E-state index in [1.165, 1.54) is 0 Å². The van der Waals surface area contributed by atoms with Crippen molar-refractivity contribution in [2.24, 2.45) is 0 Å². The zero-order valence-corrected chi connectivity index (χ0v) is 12.9. The monoisotopic (exact) mass is 304 g/mol. The van der Waals surface area contributed by atoms with E-state index in [2.05, 4.69) is 10.3 Å². The Morgan fingerprint density at radius 1 is 1.29 bits per heavy atom. The predicted molar refractivity (Wildman–Crippen MR) is 87.8 cm³/mol. The van der Waals surface area contributed by atoms with Crippen LogP contribution in [0.1, 0.15) is 22.5 Å². The number of benzene rings is 1. The molecule has 2 N–H and O–H groups in total. The van der Waals surface area contributed by atoms with E-state index in [1.54, 1.807) is 11.8 Å². The van der Waals surface area contributed by atoms with Crippen molar-refractivity contribution in [3.63, 3.8) is 0 Å². The van der Waals surface area contributed by atoms with Crippen LogP contribution in [0.5, 0.6) is 0 Å². The maximum Gasteiger partial charge on any atom is 0.253 e. The van der Waals surface area contributed by atoms with Gasteiger partial charge in [0.25, 0.3) is 5.91 Å². The van der Waals surface area contributed by atoms with Gasteiger partial charge in [-0.25, -0.2) is 0 Å². The molecule has 0 bridgehead atoms. The van der Waals surface area contributed by atoms with Gasteiger partial charge in [-0.3, -0.25) is 9.78 Å². The molecule has 1 aromatic carbocycles. The Morgan fingerprint density at radius 2 is 2.14 bits per heavy atom. The number of amides is 1. The number of aliphatic hydroxyl groups is 1. The Balaban J connectivity index is 1.98. The number of fused-ring (bicyclic) bond motifs is 1. The molecule has 1 heterocycles. The topological polar surface area (TPSA) is 62.2 Å². The molecule has 0 radical (unpaired) electrons. The van der Waals surface area contributed by atoms with Crippen LogP contribution in [0.4, 0.5) is 0 Å². The van der Waals surface area contributed by atoms with Crippen LogP contribution in [-0.2, 0) is 0 Å². The summed E-state index contributed by atoms with van der Waals surface area (Å²) >= 11 is 1.73. The number of aliphatic hydroxyl groups excluding tert-OH is 1. The second-order valence-corrected chi connectivity index (χ2v) is 6.00. The number of hydrogen-bond acceptors (Lipinski definition) is 4. The number of aryl methyl sites for hydroxylation is 1. The molecule has 0 aliphatic rings. The minimum Gasteiger partial charge on any atom is -0.396 e. The highest BCUT2D eigenvalue weighted by molar-refractivity contribution is 7.99. The molecule has 112 valence electrons. The number of hydrogen-bond donors (Lipinski definition) is 2. The summed E-state index contributed by atoms with van der Waals surface area (Å²) in [6.45, 7) is 2.77. The molecule has 2 rings (SSSR count). The van der Waals surface area contributed by atoms with Gasteiger partial charge in [-0.05, 0) is 31.2 Å². The van der Waals surface area contributed by atoms with E-state index in [9.17, 15) is 4.79 Å². The molecule has 0 atom stereocenters. The number of thioether (sulfide) groups is 1. The van der Waals surface area contributed by atoms with Crippen molar-refractivity contribution in [1.82, 2.24) is 10.3 Å². The van der Waals surface area contributed by atoms with Gasteiger partial charge in [0.2, 0.25) is 0 Å². The minimum atomic E-state index is -0.0820. The number of pyridine rings is 1. The lowest BCUT2D eigenvalue weighted by Gasteiger charge is -2.08. The third-order valence-corrected chi connectivity index (χ3v) is 4.15. The zero-order chi connectivity index (χ0) is 15.1. The average molecular weight is 304 g/mol. The van der Waals surface area contributed by atoms with E-state index >= 15 is 0 Å². The van der Waals surface area contributed by atoms with Gasteiger partial charge in [-0.15, -0.1) is 0 Å². The largest absolute Gasteiger partial charge is 0.396 e. The predicted octanol–water partition coefficient (Wildman–Crippen LogP) is 2.39. The second-order valence-electron chi connectivity index (χ2n) is 4.78. The van der Waals surface area contributed by atoms with Crippen molar-refractivity contribution >= 4 is 28.6 Å². The third kappa shape index (κ3) is 4.44. The zero-order valence-electron chi connectivity index (χ0n) is 12.1. The van der Waals surface area contributed by atoms with E-state index in [0.29, 0.717) is 12.1 Å². The molecule has 0 saturated carbocycles. The number of nitrogens with one attached hydrogen (secondary N) is 1. The fraction of sp³-hybridized carbons (Fsp3) is 0.375. The number of rotatable bonds is 7. The van der Waals surface area contributed by atoms with Gasteiger partial charge in [0, 0.05) is 30.0 Å². The van der Waals surface area contributed by atoms with Crippen LogP contribution >= 0.6 is 11.8 Å². The van der Waals surface area contributed by atoms with Crippen LogP contribution in [0.15, 0.2) is 30.3 Å². The maximum atomic E-state index is 12.3. The lowest BCUT2D eigenvalue weighted by atomic mass is 10.1. The Morgan fingerprint density at radius 3 is 2.95 bits per heavy atom. The van der Waals surface area contributed by atoms with Gasteiger partial charge >= 0.3 is 0 Å². The number of carbonyl (C=O) groups is 1. The molecule has 2 aromatic rings. The Kier molecular flexibility index (Phi) is 6.02. The van der Waals surface area contributed by atoms with Crippen LogP contribution in [-0.4, -0.2) is 40.7 Å². The Hall–Kier alpha value is -1.59. The standard InChI is InChI=1S/C16H20N2O2S/c1-12-6-7-13-4-2-5-14(15(13)18-12)16(20)17-8-11-21-10-3-9-19/h2,4-7,19H,3,8-11H2,1H3,(H,17,20). The summed E-state index contributed by atoms with van der Waals surface area (Å²) in [5.41, 5.74) is 2.28. The van der Waals surface area contributed by atoms with Crippen molar-refractivity contribution in [2.45, 2.75) is 13.3 Å². The summed E-state index contributed by atoms with van der Waals surface area (Å²) < 4.78 is 0. The SMILES string of the molecule is Cc1ccc2cccc(C(=O)NCCSCCCO)c2n1. The van der Waals surface area contributed by atoms with Crippen molar-refractivity contribution in [3.8, 4) is 0 Å². The quantitative estimate of drug-likeness (QED) is 0.771. The van der Waals surface area contributed by atoms with Crippen molar-refractivity contribution in [2.75, 3.05) is 24.7 Å². The molecule has 0 spiro atoms. The summed E-state index contributed by atoms with van der Waals surface area (Å²) in [4.78, 5) is 16.7. The van der Waals surface area contributed by atoms with Crippen molar-refractivity contribution < 1.29 is 9.90 Å². The van der Waals surface area contributed by atoms with E-state index in [-0.39, 0.29) is 12.5 Å². The number of para-hydroxylation sites is 1. The molecule has 0 saturated heterocycles. The molecule has 1 aromatic heterocycles. The van der Waals surface area contributed by atoms with E-state index in [4.69, 9.17) is 5.11 Å². The molecule has 0 aliphatic heterocycles. The van der Waals surface area contributed by atoms with Gasteiger partial charge in [0.15, 0.2) is 0 Å². The van der Waals surface area contributed by atoms with E-state index in [1.807, 2.05) is 37.3 Å². The molecular formula is C16H20N2O2S. The molecule has 0 unspecified atom stereocenters. The van der Waals surface area contributed by atoms with Gasteiger partial charge in [0.05, 0.1) is 11.1 Å². The first-order valence-corrected chi connectivity index (χ1v) is 8.21. The summed E-state index contributed by atoms with van der Waals surface area (Å²) in [6, 6.07) is 9.58. The van der Waals surface area contributed by atoms with Crippen LogP contribution in [0.25, 0.3) is 10.9 Å². The lowest BCUT2D eigenvalue weighted by molar-refractivity contribution is 0.0957. The van der Waals surface area contributed by atoms with Gasteiger partial charge in [-0.2, -0.15) is 11.8 Å². The molecule has 1 amide bonds. The number of carbonyl (C=O) groups excluding carboxylic acids is 1. The fourth-order valence-corrected chi connectivity index (χ4v) is 2.81. The first kappa shape index (κ1) is 15.8. The van der Waals surface area contributed by atoms with Gasteiger partial charge in [0.1, 0.15) is 0 Å². The molecule has 4 nitrogen and oxygen atoms in total. The summed E-state index contributed by atoms with van der Waals surface area (Å²) in [5, 5.41) is 12.6. The average Bonchev–Trinajstić information content (AvgIpc) is 2.50. The summed E-state index contributed by atoms with van der Waals surface area (Å²) in [5.74, 6) is 1.69. The highest BCUT2D eigenvalue weighted by atomic mass is 32.2. The number of aromatic nitrogens is 1. The molecular weight excluding hydrogens is 284 g/mol. The highest BCUT2D eigenvalue weighted by Crippen LogP contribution is 2.17. The van der Waals surface area contributed by atoms with E-state index in [0.717, 1.165) is 34.5 Å². The first-order valence-electron chi connectivity index (χ1n) is 7.05. The molecule has 5 heteroatoms. The van der Waals surface area contributed by atoms with Gasteiger partial charge in [-0.1, -0.05) is 18.2 Å². The normalized spacial score (nSPS) is 10.8. The van der Waals surface area contributed by atoms with Crippen molar-refractivity contribution in [3.05, 3.63) is 41.6 Å². The highest BCUT2D eigenvalue weighted by Gasteiger charge is 2.10. The first-order chi connectivity index (χ1) is 10.2. The van der Waals surface area contributed by atoms with Gasteiger partial charge < -0.3 is 10.4 Å². The summed E-state index contributed by atoms with van der Waals surface area (Å²) in [7, 11) is 0. The molecule has 0 aliphatic carbocycles. The van der Waals surface area contributed by atoms with E-state index < -0.39 is 0 Å². The van der Waals surface area contributed by atoms with Crippen LogP contribution in [0.2, 0.25) is 0 Å². The summed E-state index contributed by atoms with van der Waals surface area (Å²) in [6.07, 6.45) is 0.797. The van der Waals surface area contributed by atoms with Crippen LogP contribution in [0, 0.1) is 6.92 Å². The molecule has 21 heavy (non-hydrogen) atoms. The number of nitrogens with zero attached hydrogens (tertiary/aromatic N) is 1. The Bertz CT molecular complexity index is 616. The second kappa shape index (κ2) is 8.00. The third-order valence-electron chi connectivity index (χ3n) is 3.08. The smallest absolute Gasteiger partial charge is 0.253 e. The lowest BCUT2D eigenvalue weighted by Crippen LogP contribution is -2.26. The van der Waals surface area contributed by atoms with Crippen molar-refractivity contribution in [1.29, 1.82) is 0 Å². The fourth-order valence-electron chi connectivity index (χ4n) is 2.03. The Labute approximate surface area is 129 Å².